The summed E-state index contributed by atoms with van der Waals surface area (Å²) in [6.07, 6.45) is -1.17. The largest absolute Gasteiger partial charge is 0.479 e. The number of ether oxygens (including phenoxy) is 1. The molecule has 82 valence electrons. The first-order valence-corrected chi connectivity index (χ1v) is 5.03. The number of aliphatic carboxylic acids is 1. The van der Waals surface area contributed by atoms with Gasteiger partial charge in [-0.15, -0.1) is 0 Å². The summed E-state index contributed by atoms with van der Waals surface area (Å²) in [5.41, 5.74) is 0.486. The van der Waals surface area contributed by atoms with Crippen LogP contribution in [-0.4, -0.2) is 17.2 Å². The molecule has 1 unspecified atom stereocenters. The van der Waals surface area contributed by atoms with Crippen LogP contribution in [0, 0.1) is 0 Å². The molecule has 0 fully saturated rings. The molecule has 1 rings (SSSR count). The van der Waals surface area contributed by atoms with Crippen LogP contribution in [0.2, 0.25) is 5.02 Å². The van der Waals surface area contributed by atoms with Crippen LogP contribution in [0.5, 0.6) is 0 Å². The molecule has 0 spiro atoms. The van der Waals surface area contributed by atoms with E-state index in [4.69, 9.17) is 21.4 Å². The Morgan fingerprint density at radius 3 is 2.47 bits per heavy atom. The van der Waals surface area contributed by atoms with Crippen LogP contribution < -0.4 is 0 Å². The number of benzene rings is 1. The molecule has 1 aromatic rings. The fourth-order valence-corrected chi connectivity index (χ4v) is 1.46. The van der Waals surface area contributed by atoms with Gasteiger partial charge in [0.2, 0.25) is 0 Å². The van der Waals surface area contributed by atoms with Gasteiger partial charge in [0.25, 0.3) is 0 Å². The number of rotatable bonds is 4. The first-order chi connectivity index (χ1) is 7.02. The Labute approximate surface area is 93.6 Å². The van der Waals surface area contributed by atoms with E-state index in [1.165, 1.54) is 0 Å². The molecule has 15 heavy (non-hydrogen) atoms. The fraction of sp³-hybridized carbons (Fsp3) is 0.364. The van der Waals surface area contributed by atoms with Crippen molar-refractivity contribution in [1.82, 2.24) is 0 Å². The van der Waals surface area contributed by atoms with E-state index in [1.54, 1.807) is 38.1 Å². The SMILES string of the molecule is CC(C)OC(C(=O)O)c1ccccc1Cl. The molecule has 1 N–H and O–H groups in total. The highest BCUT2D eigenvalue weighted by molar-refractivity contribution is 6.31. The van der Waals surface area contributed by atoms with E-state index >= 15 is 0 Å². The number of carboxylic acids is 1. The number of carbonyl (C=O) groups is 1. The quantitative estimate of drug-likeness (QED) is 0.862. The topological polar surface area (TPSA) is 46.5 Å². The molecular formula is C11H13ClO3. The van der Waals surface area contributed by atoms with Crippen LogP contribution in [0.4, 0.5) is 0 Å². The van der Waals surface area contributed by atoms with Crippen molar-refractivity contribution in [2.24, 2.45) is 0 Å². The Hall–Kier alpha value is -1.06. The van der Waals surface area contributed by atoms with Crippen molar-refractivity contribution >= 4 is 17.6 Å². The van der Waals surface area contributed by atoms with Crippen molar-refractivity contribution in [1.29, 1.82) is 0 Å². The molecule has 0 saturated carbocycles. The molecule has 3 nitrogen and oxygen atoms in total. The number of hydrogen-bond donors (Lipinski definition) is 1. The van der Waals surface area contributed by atoms with Crippen LogP contribution in [0.1, 0.15) is 25.5 Å². The van der Waals surface area contributed by atoms with Gasteiger partial charge in [0.05, 0.1) is 6.10 Å². The lowest BCUT2D eigenvalue weighted by molar-refractivity contribution is -0.153. The summed E-state index contributed by atoms with van der Waals surface area (Å²) in [5.74, 6) is -1.03. The van der Waals surface area contributed by atoms with Crippen molar-refractivity contribution in [3.8, 4) is 0 Å². The van der Waals surface area contributed by atoms with E-state index in [-0.39, 0.29) is 6.10 Å². The van der Waals surface area contributed by atoms with E-state index < -0.39 is 12.1 Å². The lowest BCUT2D eigenvalue weighted by Gasteiger charge is -2.17. The molecule has 0 aliphatic carbocycles. The van der Waals surface area contributed by atoms with Crippen LogP contribution in [0.25, 0.3) is 0 Å². The van der Waals surface area contributed by atoms with Gasteiger partial charge in [-0.2, -0.15) is 0 Å². The smallest absolute Gasteiger partial charge is 0.337 e. The van der Waals surface area contributed by atoms with Crippen molar-refractivity contribution in [2.75, 3.05) is 0 Å². The van der Waals surface area contributed by atoms with Gasteiger partial charge in [0.1, 0.15) is 0 Å². The molecule has 1 aromatic carbocycles. The molecule has 0 aliphatic rings. The number of halogens is 1. The van der Waals surface area contributed by atoms with Crippen molar-refractivity contribution in [3.63, 3.8) is 0 Å². The molecular weight excluding hydrogens is 216 g/mol. The van der Waals surface area contributed by atoms with Gasteiger partial charge in [-0.05, 0) is 19.9 Å². The average molecular weight is 229 g/mol. The van der Waals surface area contributed by atoms with Gasteiger partial charge in [0.15, 0.2) is 6.10 Å². The normalized spacial score (nSPS) is 12.8. The first-order valence-electron chi connectivity index (χ1n) is 4.65. The lowest BCUT2D eigenvalue weighted by Crippen LogP contribution is -2.19. The molecule has 0 aliphatic heterocycles. The maximum atomic E-state index is 11.0. The lowest BCUT2D eigenvalue weighted by atomic mass is 10.1. The van der Waals surface area contributed by atoms with Crippen LogP contribution >= 0.6 is 11.6 Å². The Morgan fingerprint density at radius 2 is 2.00 bits per heavy atom. The molecule has 0 radical (unpaired) electrons. The second kappa shape index (κ2) is 5.14. The highest BCUT2D eigenvalue weighted by atomic mass is 35.5. The summed E-state index contributed by atoms with van der Waals surface area (Å²) in [6, 6.07) is 6.79. The van der Waals surface area contributed by atoms with E-state index in [1.807, 2.05) is 0 Å². The maximum Gasteiger partial charge on any atom is 0.337 e. The molecule has 0 amide bonds. The third kappa shape index (κ3) is 3.22. The van der Waals surface area contributed by atoms with Gasteiger partial charge in [-0.1, -0.05) is 29.8 Å². The van der Waals surface area contributed by atoms with Crippen molar-refractivity contribution in [3.05, 3.63) is 34.9 Å². The minimum absolute atomic E-state index is 0.164. The Balaban J connectivity index is 2.99. The predicted octanol–water partition coefficient (Wildman–Crippen LogP) is 2.89. The van der Waals surface area contributed by atoms with Crippen molar-refractivity contribution < 1.29 is 14.6 Å². The zero-order valence-electron chi connectivity index (χ0n) is 8.61. The Bertz CT molecular complexity index is 349. The second-order valence-corrected chi connectivity index (χ2v) is 3.83. The average Bonchev–Trinajstić information content (AvgIpc) is 2.15. The summed E-state index contributed by atoms with van der Waals surface area (Å²) < 4.78 is 5.29. The highest BCUT2D eigenvalue weighted by Gasteiger charge is 2.23. The molecule has 4 heteroatoms. The van der Waals surface area contributed by atoms with Gasteiger partial charge < -0.3 is 9.84 Å². The van der Waals surface area contributed by atoms with Gasteiger partial charge in [-0.25, -0.2) is 4.79 Å². The summed E-state index contributed by atoms with van der Waals surface area (Å²) >= 11 is 5.90. The monoisotopic (exact) mass is 228 g/mol. The summed E-state index contributed by atoms with van der Waals surface area (Å²) in [7, 11) is 0. The minimum atomic E-state index is -1.03. The van der Waals surface area contributed by atoms with Gasteiger partial charge in [0, 0.05) is 10.6 Å². The maximum absolute atomic E-state index is 11.0. The van der Waals surface area contributed by atoms with Gasteiger partial charge >= 0.3 is 5.97 Å². The van der Waals surface area contributed by atoms with Gasteiger partial charge in [-0.3, -0.25) is 0 Å². The summed E-state index contributed by atoms with van der Waals surface area (Å²) in [5, 5.41) is 9.42. The third-order valence-corrected chi connectivity index (χ3v) is 2.16. The van der Waals surface area contributed by atoms with E-state index in [0.717, 1.165) is 0 Å². The van der Waals surface area contributed by atoms with Crippen LogP contribution in [0.15, 0.2) is 24.3 Å². The zero-order valence-corrected chi connectivity index (χ0v) is 9.36. The van der Waals surface area contributed by atoms with Crippen molar-refractivity contribution in [2.45, 2.75) is 26.1 Å². The Morgan fingerprint density at radius 1 is 1.40 bits per heavy atom. The van der Waals surface area contributed by atoms with E-state index in [2.05, 4.69) is 0 Å². The molecule has 0 aromatic heterocycles. The summed E-state index contributed by atoms with van der Waals surface area (Å²) in [4.78, 5) is 11.0. The molecule has 0 heterocycles. The highest BCUT2D eigenvalue weighted by Crippen LogP contribution is 2.26. The fourth-order valence-electron chi connectivity index (χ4n) is 1.22. The second-order valence-electron chi connectivity index (χ2n) is 3.42. The summed E-state index contributed by atoms with van der Waals surface area (Å²) in [6.45, 7) is 3.57. The van der Waals surface area contributed by atoms with E-state index in [9.17, 15) is 4.79 Å². The molecule has 0 bridgehead atoms. The zero-order chi connectivity index (χ0) is 11.4. The van der Waals surface area contributed by atoms with Crippen LogP contribution in [-0.2, 0) is 9.53 Å². The first kappa shape index (κ1) is 12.0. The Kier molecular flexibility index (Phi) is 4.12. The minimum Gasteiger partial charge on any atom is -0.479 e. The molecule has 1 atom stereocenters. The molecule has 0 saturated heterocycles. The number of carboxylic acid groups (broad SMARTS) is 1. The van der Waals surface area contributed by atoms with E-state index in [0.29, 0.717) is 10.6 Å². The third-order valence-electron chi connectivity index (χ3n) is 1.82. The number of hydrogen-bond acceptors (Lipinski definition) is 2. The van der Waals surface area contributed by atoms with Crippen LogP contribution in [0.3, 0.4) is 0 Å². The standard InChI is InChI=1S/C11H13ClO3/c1-7(2)15-10(11(13)14)8-5-3-4-6-9(8)12/h3-7,10H,1-2H3,(H,13,14). The predicted molar refractivity (Wildman–Crippen MR) is 58.0 cm³/mol.